The number of ether oxygens (including phenoxy) is 1. The van der Waals surface area contributed by atoms with E-state index >= 15 is 0 Å². The standard InChI is InChI=1S/C16H21ClO4S/c1-2-16(18)21-9-12-4-3-5-14(12)11-6-7-13(10-22(19)20)15(17)8-11/h6-8,12,14H,2-5,9-10H2,1H3,(H,19,20). The Hall–Kier alpha value is -0.910. The normalized spacial score (nSPS) is 22.5. The first kappa shape index (κ1) is 17.4. The van der Waals surface area contributed by atoms with Crippen LogP contribution in [0.2, 0.25) is 5.02 Å². The molecule has 0 saturated heterocycles. The van der Waals surface area contributed by atoms with Gasteiger partial charge in [-0.15, -0.1) is 0 Å². The molecule has 0 heterocycles. The van der Waals surface area contributed by atoms with Crippen molar-refractivity contribution < 1.29 is 18.3 Å². The fourth-order valence-electron chi connectivity index (χ4n) is 3.02. The highest BCUT2D eigenvalue weighted by atomic mass is 35.5. The Balaban J connectivity index is 2.07. The Morgan fingerprint density at radius 2 is 2.23 bits per heavy atom. The number of halogens is 1. The van der Waals surface area contributed by atoms with Gasteiger partial charge in [0.2, 0.25) is 0 Å². The van der Waals surface area contributed by atoms with Gasteiger partial charge in [-0.05, 0) is 41.9 Å². The Labute approximate surface area is 138 Å². The zero-order chi connectivity index (χ0) is 16.1. The SMILES string of the molecule is CCC(=O)OCC1CCCC1c1ccc(CS(=O)O)c(Cl)c1. The van der Waals surface area contributed by atoms with Crippen molar-refractivity contribution >= 4 is 28.7 Å². The third-order valence-corrected chi connectivity index (χ3v) is 5.10. The molecule has 1 aliphatic rings. The largest absolute Gasteiger partial charge is 0.465 e. The van der Waals surface area contributed by atoms with Crippen molar-refractivity contribution in [3.8, 4) is 0 Å². The molecule has 1 aliphatic carbocycles. The predicted octanol–water partition coefficient (Wildman–Crippen LogP) is 3.90. The molecule has 0 aliphatic heterocycles. The Bertz CT molecular complexity index is 561. The van der Waals surface area contributed by atoms with Gasteiger partial charge in [0.25, 0.3) is 0 Å². The minimum atomic E-state index is -1.89. The fourth-order valence-corrected chi connectivity index (χ4v) is 3.87. The van der Waals surface area contributed by atoms with E-state index in [0.29, 0.717) is 35.4 Å². The molecule has 0 bridgehead atoms. The second-order valence-corrected chi connectivity index (χ2v) is 6.99. The maximum atomic E-state index is 11.3. The van der Waals surface area contributed by atoms with E-state index in [1.165, 1.54) is 0 Å². The molecule has 1 N–H and O–H groups in total. The van der Waals surface area contributed by atoms with Crippen LogP contribution in [0.4, 0.5) is 0 Å². The highest BCUT2D eigenvalue weighted by Gasteiger charge is 2.30. The highest BCUT2D eigenvalue weighted by molar-refractivity contribution is 7.78. The van der Waals surface area contributed by atoms with Gasteiger partial charge in [-0.2, -0.15) is 0 Å². The quantitative estimate of drug-likeness (QED) is 0.628. The van der Waals surface area contributed by atoms with Crippen molar-refractivity contribution in [2.24, 2.45) is 5.92 Å². The molecule has 3 unspecified atom stereocenters. The molecule has 1 aromatic rings. The Morgan fingerprint density at radius 3 is 2.86 bits per heavy atom. The van der Waals surface area contributed by atoms with E-state index in [2.05, 4.69) is 0 Å². The molecule has 4 nitrogen and oxygen atoms in total. The molecule has 1 fully saturated rings. The molecule has 1 saturated carbocycles. The summed E-state index contributed by atoms with van der Waals surface area (Å²) in [5.74, 6) is 0.533. The maximum absolute atomic E-state index is 11.3. The van der Waals surface area contributed by atoms with Gasteiger partial charge in [0.1, 0.15) is 0 Å². The molecule has 3 atom stereocenters. The number of hydrogen-bond donors (Lipinski definition) is 1. The van der Waals surface area contributed by atoms with Gasteiger partial charge in [0.15, 0.2) is 11.1 Å². The lowest BCUT2D eigenvalue weighted by atomic mass is 9.89. The van der Waals surface area contributed by atoms with Crippen molar-refractivity contribution in [1.29, 1.82) is 0 Å². The van der Waals surface area contributed by atoms with Crippen LogP contribution in [-0.4, -0.2) is 21.3 Å². The van der Waals surface area contributed by atoms with E-state index in [4.69, 9.17) is 20.9 Å². The molecule has 22 heavy (non-hydrogen) atoms. The minimum Gasteiger partial charge on any atom is -0.465 e. The van der Waals surface area contributed by atoms with Crippen LogP contribution >= 0.6 is 11.6 Å². The Morgan fingerprint density at radius 1 is 1.45 bits per heavy atom. The number of rotatable bonds is 6. The van der Waals surface area contributed by atoms with Crippen LogP contribution in [0.1, 0.15) is 49.7 Å². The monoisotopic (exact) mass is 344 g/mol. The molecule has 0 amide bonds. The fraction of sp³-hybridized carbons (Fsp3) is 0.562. The summed E-state index contributed by atoms with van der Waals surface area (Å²) in [5, 5.41) is 0.524. The summed E-state index contributed by atoms with van der Waals surface area (Å²) in [7, 11) is 0. The highest BCUT2D eigenvalue weighted by Crippen LogP contribution is 2.40. The molecular formula is C16H21ClO4S. The predicted molar refractivity (Wildman–Crippen MR) is 87.3 cm³/mol. The summed E-state index contributed by atoms with van der Waals surface area (Å²) in [5.41, 5.74) is 1.80. The smallest absolute Gasteiger partial charge is 0.305 e. The van der Waals surface area contributed by atoms with Crippen LogP contribution in [0, 0.1) is 5.92 Å². The third kappa shape index (κ3) is 4.54. The van der Waals surface area contributed by atoms with Crippen LogP contribution in [-0.2, 0) is 26.4 Å². The number of esters is 1. The van der Waals surface area contributed by atoms with Crippen LogP contribution in [0.25, 0.3) is 0 Å². The Kier molecular flexibility index (Phi) is 6.41. The zero-order valence-electron chi connectivity index (χ0n) is 12.6. The van der Waals surface area contributed by atoms with E-state index in [0.717, 1.165) is 24.8 Å². The van der Waals surface area contributed by atoms with Crippen molar-refractivity contribution in [3.05, 3.63) is 34.3 Å². The van der Waals surface area contributed by atoms with Crippen molar-refractivity contribution in [3.63, 3.8) is 0 Å². The molecule has 0 spiro atoms. The second-order valence-electron chi connectivity index (χ2n) is 5.65. The van der Waals surface area contributed by atoms with Gasteiger partial charge in [-0.1, -0.05) is 37.1 Å². The lowest BCUT2D eigenvalue weighted by Gasteiger charge is -2.20. The number of benzene rings is 1. The van der Waals surface area contributed by atoms with Gasteiger partial charge < -0.3 is 9.29 Å². The first-order valence-electron chi connectivity index (χ1n) is 7.52. The van der Waals surface area contributed by atoms with Crippen LogP contribution < -0.4 is 0 Å². The number of carbonyl (C=O) groups excluding carboxylic acids is 1. The van der Waals surface area contributed by atoms with Crippen LogP contribution in [0.15, 0.2) is 18.2 Å². The molecule has 1 aromatic carbocycles. The van der Waals surface area contributed by atoms with E-state index in [1.807, 2.05) is 18.2 Å². The summed E-state index contributed by atoms with van der Waals surface area (Å²) < 4.78 is 25.1. The summed E-state index contributed by atoms with van der Waals surface area (Å²) in [6, 6.07) is 5.67. The molecular weight excluding hydrogens is 324 g/mol. The number of hydrogen-bond acceptors (Lipinski definition) is 3. The van der Waals surface area contributed by atoms with Crippen molar-refractivity contribution in [2.75, 3.05) is 6.61 Å². The first-order chi connectivity index (χ1) is 10.5. The minimum absolute atomic E-state index is 0.0430. The van der Waals surface area contributed by atoms with Gasteiger partial charge in [-0.25, -0.2) is 4.21 Å². The molecule has 122 valence electrons. The second kappa shape index (κ2) is 8.09. The molecule has 2 rings (SSSR count). The summed E-state index contributed by atoms with van der Waals surface area (Å²) >= 11 is 4.32. The van der Waals surface area contributed by atoms with Crippen LogP contribution in [0.5, 0.6) is 0 Å². The molecule has 6 heteroatoms. The van der Waals surface area contributed by atoms with Gasteiger partial charge in [-0.3, -0.25) is 4.79 Å². The van der Waals surface area contributed by atoms with E-state index in [1.54, 1.807) is 6.92 Å². The van der Waals surface area contributed by atoms with Gasteiger partial charge in [0, 0.05) is 11.4 Å². The van der Waals surface area contributed by atoms with E-state index < -0.39 is 11.1 Å². The van der Waals surface area contributed by atoms with Crippen molar-refractivity contribution in [1.82, 2.24) is 0 Å². The average Bonchev–Trinajstić information content (AvgIpc) is 2.94. The topological polar surface area (TPSA) is 63.6 Å². The lowest BCUT2D eigenvalue weighted by molar-refractivity contribution is -0.144. The van der Waals surface area contributed by atoms with Crippen LogP contribution in [0.3, 0.4) is 0 Å². The van der Waals surface area contributed by atoms with E-state index in [9.17, 15) is 9.00 Å². The van der Waals surface area contributed by atoms with Crippen molar-refractivity contribution in [2.45, 2.75) is 44.3 Å². The molecule has 0 aromatic heterocycles. The number of carbonyl (C=O) groups is 1. The first-order valence-corrected chi connectivity index (χ1v) is 9.18. The van der Waals surface area contributed by atoms with E-state index in [-0.39, 0.29) is 11.7 Å². The maximum Gasteiger partial charge on any atom is 0.305 e. The summed E-state index contributed by atoms with van der Waals surface area (Å²) in [6.07, 6.45) is 3.60. The summed E-state index contributed by atoms with van der Waals surface area (Å²) in [4.78, 5) is 11.3. The van der Waals surface area contributed by atoms with Gasteiger partial charge in [0.05, 0.1) is 12.4 Å². The van der Waals surface area contributed by atoms with Gasteiger partial charge >= 0.3 is 5.97 Å². The average molecular weight is 345 g/mol. The lowest BCUT2D eigenvalue weighted by Crippen LogP contribution is -2.16. The third-order valence-electron chi connectivity index (χ3n) is 4.19. The molecule has 0 radical (unpaired) electrons. The zero-order valence-corrected chi connectivity index (χ0v) is 14.2. The summed E-state index contributed by atoms with van der Waals surface area (Å²) in [6.45, 7) is 2.25.